The molecule has 2 aromatic heterocycles. The predicted molar refractivity (Wildman–Crippen MR) is 81.8 cm³/mol. The lowest BCUT2D eigenvalue weighted by atomic mass is 10.1. The van der Waals surface area contributed by atoms with Crippen molar-refractivity contribution in [2.24, 2.45) is 0 Å². The first-order valence-electron chi connectivity index (χ1n) is 6.34. The maximum Gasteiger partial charge on any atom is 0.138 e. The highest BCUT2D eigenvalue weighted by Crippen LogP contribution is 2.39. The van der Waals surface area contributed by atoms with E-state index in [9.17, 15) is 0 Å². The molecule has 3 rings (SSSR count). The summed E-state index contributed by atoms with van der Waals surface area (Å²) in [6.45, 7) is 5.08. The van der Waals surface area contributed by atoms with Gasteiger partial charge in [0.25, 0.3) is 0 Å². The molecule has 96 valence electrons. The van der Waals surface area contributed by atoms with E-state index in [2.05, 4.69) is 53.4 Å². The zero-order chi connectivity index (χ0) is 13.2. The van der Waals surface area contributed by atoms with E-state index < -0.39 is 0 Å². The smallest absolute Gasteiger partial charge is 0.138 e. The molecule has 0 amide bonds. The second-order valence-electron chi connectivity index (χ2n) is 4.35. The molecule has 2 heterocycles. The van der Waals surface area contributed by atoms with E-state index in [1.54, 1.807) is 17.7 Å². The third kappa shape index (κ3) is 2.08. The maximum absolute atomic E-state index is 4.40. The Balaban J connectivity index is 2.24. The summed E-state index contributed by atoms with van der Waals surface area (Å²) < 4.78 is 0. The van der Waals surface area contributed by atoms with Gasteiger partial charge in [-0.15, -0.1) is 11.3 Å². The number of aryl methyl sites for hydroxylation is 1. The van der Waals surface area contributed by atoms with Gasteiger partial charge in [0, 0.05) is 11.4 Å². The fourth-order valence-electron chi connectivity index (χ4n) is 2.24. The molecule has 0 radical (unpaired) electrons. The normalized spacial score (nSPS) is 10.8. The first-order chi connectivity index (χ1) is 9.31. The number of aromatic nitrogens is 2. The van der Waals surface area contributed by atoms with Crippen LogP contribution in [0.1, 0.15) is 12.5 Å². The first-order valence-corrected chi connectivity index (χ1v) is 7.16. The molecule has 0 atom stereocenters. The number of anilines is 1. The Kier molecular flexibility index (Phi) is 3.17. The molecule has 0 saturated carbocycles. The largest absolute Gasteiger partial charge is 0.370 e. The average molecular weight is 269 g/mol. The van der Waals surface area contributed by atoms with Crippen molar-refractivity contribution in [1.29, 1.82) is 0 Å². The summed E-state index contributed by atoms with van der Waals surface area (Å²) in [5.41, 5.74) is 2.49. The van der Waals surface area contributed by atoms with Gasteiger partial charge in [-0.1, -0.05) is 30.3 Å². The zero-order valence-corrected chi connectivity index (χ0v) is 11.8. The number of hydrogen-bond acceptors (Lipinski definition) is 4. The van der Waals surface area contributed by atoms with Crippen molar-refractivity contribution in [3.05, 3.63) is 42.2 Å². The molecular formula is C15H15N3S. The molecule has 1 N–H and O–H groups in total. The molecule has 0 bridgehead atoms. The summed E-state index contributed by atoms with van der Waals surface area (Å²) in [6, 6.07) is 10.4. The van der Waals surface area contributed by atoms with E-state index in [-0.39, 0.29) is 0 Å². The molecule has 0 fully saturated rings. The van der Waals surface area contributed by atoms with Crippen molar-refractivity contribution >= 4 is 27.4 Å². The highest BCUT2D eigenvalue weighted by atomic mass is 32.1. The van der Waals surface area contributed by atoms with Crippen LogP contribution in [0.5, 0.6) is 0 Å². The Bertz CT molecular complexity index is 704. The van der Waals surface area contributed by atoms with Crippen LogP contribution in [0.25, 0.3) is 20.7 Å². The van der Waals surface area contributed by atoms with E-state index in [0.717, 1.165) is 22.6 Å². The molecule has 0 spiro atoms. The number of nitrogens with zero attached hydrogens (tertiary/aromatic N) is 2. The van der Waals surface area contributed by atoms with Gasteiger partial charge in [0.05, 0.1) is 5.39 Å². The number of nitrogens with one attached hydrogen (secondary N) is 1. The van der Waals surface area contributed by atoms with Gasteiger partial charge in [0.15, 0.2) is 0 Å². The van der Waals surface area contributed by atoms with Gasteiger partial charge >= 0.3 is 0 Å². The Hall–Kier alpha value is -1.94. The zero-order valence-electron chi connectivity index (χ0n) is 11.0. The Morgan fingerprint density at radius 2 is 1.95 bits per heavy atom. The van der Waals surface area contributed by atoms with Crippen molar-refractivity contribution in [2.75, 3.05) is 11.9 Å². The number of rotatable bonds is 3. The van der Waals surface area contributed by atoms with E-state index in [4.69, 9.17) is 0 Å². The van der Waals surface area contributed by atoms with Gasteiger partial charge in [0.2, 0.25) is 0 Å². The molecule has 0 aliphatic carbocycles. The molecule has 0 aliphatic heterocycles. The first kappa shape index (κ1) is 12.1. The molecule has 0 saturated heterocycles. The number of fused-ring (bicyclic) bond motifs is 1. The number of hydrogen-bond donors (Lipinski definition) is 1. The lowest BCUT2D eigenvalue weighted by Gasteiger charge is -2.04. The summed E-state index contributed by atoms with van der Waals surface area (Å²) in [5, 5.41) is 4.46. The minimum atomic E-state index is 0.863. The summed E-state index contributed by atoms with van der Waals surface area (Å²) >= 11 is 1.73. The number of benzene rings is 1. The van der Waals surface area contributed by atoms with E-state index in [1.807, 2.05) is 6.07 Å². The van der Waals surface area contributed by atoms with Crippen LogP contribution in [0.4, 0.5) is 5.82 Å². The van der Waals surface area contributed by atoms with Gasteiger partial charge < -0.3 is 5.32 Å². The lowest BCUT2D eigenvalue weighted by Crippen LogP contribution is -2.00. The highest BCUT2D eigenvalue weighted by molar-refractivity contribution is 7.22. The molecule has 1 aromatic carbocycles. The molecule has 3 aromatic rings. The second kappa shape index (κ2) is 4.97. The molecule has 3 nitrogen and oxygen atoms in total. The Morgan fingerprint density at radius 1 is 1.16 bits per heavy atom. The summed E-state index contributed by atoms with van der Waals surface area (Å²) in [4.78, 5) is 11.1. The Morgan fingerprint density at radius 3 is 2.68 bits per heavy atom. The third-order valence-corrected chi connectivity index (χ3v) is 4.36. The monoisotopic (exact) mass is 269 g/mol. The minimum absolute atomic E-state index is 0.863. The van der Waals surface area contributed by atoms with Crippen LogP contribution in [0, 0.1) is 6.92 Å². The van der Waals surface area contributed by atoms with Crippen molar-refractivity contribution < 1.29 is 0 Å². The van der Waals surface area contributed by atoms with E-state index in [1.165, 1.54) is 16.0 Å². The van der Waals surface area contributed by atoms with Gasteiger partial charge in [-0.25, -0.2) is 9.97 Å². The second-order valence-corrected chi connectivity index (χ2v) is 5.35. The van der Waals surface area contributed by atoms with Crippen LogP contribution in [0.3, 0.4) is 0 Å². The standard InChI is InChI=1S/C15H15N3S/c1-3-16-14-12-10(2)13(11-7-5-4-6-8-11)19-15(12)18-9-17-14/h4-9H,3H2,1-2H3,(H,16,17,18). The van der Waals surface area contributed by atoms with Crippen molar-refractivity contribution in [2.45, 2.75) is 13.8 Å². The summed E-state index contributed by atoms with van der Waals surface area (Å²) in [5.74, 6) is 0.934. The lowest BCUT2D eigenvalue weighted by molar-refractivity contribution is 1.14. The molecule has 0 unspecified atom stereocenters. The maximum atomic E-state index is 4.40. The quantitative estimate of drug-likeness (QED) is 0.778. The van der Waals surface area contributed by atoms with Gasteiger partial charge in [-0.05, 0) is 25.0 Å². The third-order valence-electron chi connectivity index (χ3n) is 3.11. The predicted octanol–water partition coefficient (Wildman–Crippen LogP) is 4.10. The van der Waals surface area contributed by atoms with Crippen LogP contribution >= 0.6 is 11.3 Å². The van der Waals surface area contributed by atoms with Gasteiger partial charge in [-0.2, -0.15) is 0 Å². The molecule has 0 aliphatic rings. The van der Waals surface area contributed by atoms with Crippen molar-refractivity contribution in [3.8, 4) is 10.4 Å². The molecular weight excluding hydrogens is 254 g/mol. The fraction of sp³-hybridized carbons (Fsp3) is 0.200. The Labute approximate surface area is 116 Å². The highest BCUT2D eigenvalue weighted by Gasteiger charge is 2.14. The topological polar surface area (TPSA) is 37.8 Å². The minimum Gasteiger partial charge on any atom is -0.370 e. The van der Waals surface area contributed by atoms with Crippen molar-refractivity contribution in [1.82, 2.24) is 9.97 Å². The van der Waals surface area contributed by atoms with Crippen LogP contribution in [0.15, 0.2) is 36.7 Å². The van der Waals surface area contributed by atoms with Crippen LogP contribution in [0.2, 0.25) is 0 Å². The number of thiophene rings is 1. The average Bonchev–Trinajstić information content (AvgIpc) is 2.79. The fourth-order valence-corrected chi connectivity index (χ4v) is 3.39. The van der Waals surface area contributed by atoms with Crippen LogP contribution in [-0.4, -0.2) is 16.5 Å². The van der Waals surface area contributed by atoms with Gasteiger partial charge in [0.1, 0.15) is 17.0 Å². The molecule has 4 heteroatoms. The van der Waals surface area contributed by atoms with Crippen LogP contribution in [-0.2, 0) is 0 Å². The van der Waals surface area contributed by atoms with E-state index in [0.29, 0.717) is 0 Å². The van der Waals surface area contributed by atoms with Crippen LogP contribution < -0.4 is 5.32 Å². The van der Waals surface area contributed by atoms with Crippen molar-refractivity contribution in [3.63, 3.8) is 0 Å². The molecule has 19 heavy (non-hydrogen) atoms. The van der Waals surface area contributed by atoms with E-state index >= 15 is 0 Å². The SMILES string of the molecule is CCNc1ncnc2sc(-c3ccccc3)c(C)c12. The summed E-state index contributed by atoms with van der Waals surface area (Å²) in [7, 11) is 0. The summed E-state index contributed by atoms with van der Waals surface area (Å²) in [6.07, 6.45) is 1.63. The van der Waals surface area contributed by atoms with Gasteiger partial charge in [-0.3, -0.25) is 0 Å².